The lowest BCUT2D eigenvalue weighted by Crippen LogP contribution is -2.34. The highest BCUT2D eigenvalue weighted by Gasteiger charge is 2.18. The summed E-state index contributed by atoms with van der Waals surface area (Å²) in [6, 6.07) is 3.78. The zero-order valence-electron chi connectivity index (χ0n) is 9.47. The number of hydrogen-bond donors (Lipinski definition) is 2. The van der Waals surface area contributed by atoms with E-state index in [1.807, 2.05) is 0 Å². The maximum absolute atomic E-state index is 12.0. The van der Waals surface area contributed by atoms with Crippen molar-refractivity contribution in [3.8, 4) is 0 Å². The van der Waals surface area contributed by atoms with E-state index >= 15 is 0 Å². The minimum atomic E-state index is -4.05. The van der Waals surface area contributed by atoms with Crippen LogP contribution >= 0.6 is 23.2 Å². The Balaban J connectivity index is 3.14. The highest BCUT2D eigenvalue weighted by atomic mass is 35.5. The van der Waals surface area contributed by atoms with Crippen LogP contribution in [0, 0.1) is 0 Å². The predicted molar refractivity (Wildman–Crippen MR) is 69.6 cm³/mol. The molecule has 1 aromatic carbocycles. The van der Waals surface area contributed by atoms with E-state index in [0.29, 0.717) is 0 Å². The summed E-state index contributed by atoms with van der Waals surface area (Å²) in [6.45, 7) is 0.116. The lowest BCUT2D eigenvalue weighted by atomic mass is 10.1. The number of hydrogen-bond acceptors (Lipinski definition) is 4. The average Bonchev–Trinajstić information content (AvgIpc) is 2.27. The van der Waals surface area contributed by atoms with Crippen molar-refractivity contribution in [2.24, 2.45) is 0 Å². The molecule has 0 spiro atoms. The van der Waals surface area contributed by atoms with Gasteiger partial charge < -0.3 is 14.9 Å². The van der Waals surface area contributed by atoms with Gasteiger partial charge in [-0.25, -0.2) is 8.42 Å². The van der Waals surface area contributed by atoms with Gasteiger partial charge in [-0.1, -0.05) is 35.7 Å². The van der Waals surface area contributed by atoms with E-state index < -0.39 is 28.8 Å². The van der Waals surface area contributed by atoms with Crippen LogP contribution in [0.2, 0.25) is 10.0 Å². The summed E-state index contributed by atoms with van der Waals surface area (Å²) in [7, 11) is -4.05. The molecule has 0 bridgehead atoms. The van der Waals surface area contributed by atoms with E-state index in [2.05, 4.69) is 4.72 Å². The van der Waals surface area contributed by atoms with Gasteiger partial charge in [0.25, 0.3) is 0 Å². The lowest BCUT2D eigenvalue weighted by molar-refractivity contribution is 0.156. The molecule has 1 rings (SSSR count). The van der Waals surface area contributed by atoms with Crippen LogP contribution in [0.4, 0.5) is 0 Å². The molecule has 0 atom stereocenters. The normalized spacial score (nSPS) is 12.7. The molecular weight excluding hydrogens is 301 g/mol. The molecule has 8 heteroatoms. The van der Waals surface area contributed by atoms with E-state index in [1.165, 1.54) is 25.1 Å². The monoisotopic (exact) mass is 312 g/mol. The van der Waals surface area contributed by atoms with E-state index in [4.69, 9.17) is 33.4 Å². The van der Waals surface area contributed by atoms with Gasteiger partial charge in [0.15, 0.2) is 0 Å². The van der Waals surface area contributed by atoms with Crippen LogP contribution < -0.4 is 0 Å². The van der Waals surface area contributed by atoms with Crippen molar-refractivity contribution in [3.63, 3.8) is 0 Å². The van der Waals surface area contributed by atoms with Gasteiger partial charge in [-0.3, -0.25) is 0 Å². The van der Waals surface area contributed by atoms with Gasteiger partial charge in [0.2, 0.25) is 0 Å². The number of aliphatic hydroxyl groups excluding tert-OH is 2. The molecule has 0 radical (unpaired) electrons. The second kappa shape index (κ2) is 5.73. The summed E-state index contributed by atoms with van der Waals surface area (Å²) in [5, 5.41) is 18.4. The smallest absolute Gasteiger partial charge is 0.101 e. The molecule has 0 aliphatic carbocycles. The SMILES string of the molecule is CC(CO)(CO)[N-]S(=O)(=O)c1cc(Cl)cc(Cl)c1. The molecule has 0 amide bonds. The predicted octanol–water partition coefficient (Wildman–Crippen LogP) is 1.80. The first-order valence-electron chi connectivity index (χ1n) is 4.89. The summed E-state index contributed by atoms with van der Waals surface area (Å²) in [5.41, 5.74) is -1.48. The number of sulfonamides is 1. The Bertz CT molecular complexity index is 508. The van der Waals surface area contributed by atoms with Gasteiger partial charge in [-0.05, 0) is 18.2 Å². The summed E-state index contributed by atoms with van der Waals surface area (Å²) >= 11 is 11.4. The molecule has 0 unspecified atom stereocenters. The lowest BCUT2D eigenvalue weighted by Gasteiger charge is -2.39. The quantitative estimate of drug-likeness (QED) is 0.867. The van der Waals surface area contributed by atoms with Crippen LogP contribution in [0.25, 0.3) is 4.72 Å². The second-order valence-corrected chi connectivity index (χ2v) is 6.46. The summed E-state index contributed by atoms with van der Waals surface area (Å²) in [5.74, 6) is 0. The molecule has 0 saturated heterocycles. The van der Waals surface area contributed by atoms with Crippen LogP contribution in [0.1, 0.15) is 6.92 Å². The number of benzene rings is 1. The molecule has 1 aromatic rings. The maximum atomic E-state index is 12.0. The molecule has 102 valence electrons. The fourth-order valence-electron chi connectivity index (χ4n) is 1.13. The van der Waals surface area contributed by atoms with Crippen molar-refractivity contribution >= 4 is 33.2 Å². The molecule has 0 aromatic heterocycles. The van der Waals surface area contributed by atoms with Gasteiger partial charge in [-0.15, -0.1) is 0 Å². The molecule has 18 heavy (non-hydrogen) atoms. The van der Waals surface area contributed by atoms with Gasteiger partial charge >= 0.3 is 0 Å². The Labute approximate surface area is 115 Å². The molecular formula is C10H12Cl2NO4S-. The number of halogens is 2. The highest BCUT2D eigenvalue weighted by Crippen LogP contribution is 2.29. The topological polar surface area (TPSA) is 88.7 Å². The van der Waals surface area contributed by atoms with Gasteiger partial charge in [0, 0.05) is 23.3 Å². The Morgan fingerprint density at radius 3 is 2.00 bits per heavy atom. The van der Waals surface area contributed by atoms with Crippen molar-refractivity contribution in [3.05, 3.63) is 33.0 Å². The van der Waals surface area contributed by atoms with E-state index in [0.717, 1.165) is 0 Å². The summed E-state index contributed by atoms with van der Waals surface area (Å²) in [4.78, 5) is -0.187. The third-order valence-corrected chi connectivity index (χ3v) is 4.10. The summed E-state index contributed by atoms with van der Waals surface area (Å²) in [6.07, 6.45) is 0. The fraction of sp³-hybridized carbons (Fsp3) is 0.400. The van der Waals surface area contributed by atoms with Gasteiger partial charge in [0.05, 0.1) is 4.90 Å². The van der Waals surface area contributed by atoms with Crippen LogP contribution in [-0.4, -0.2) is 37.4 Å². The molecule has 2 N–H and O–H groups in total. The molecule has 0 saturated carbocycles. The number of rotatable bonds is 5. The Morgan fingerprint density at radius 1 is 1.17 bits per heavy atom. The van der Waals surface area contributed by atoms with Crippen molar-refractivity contribution in [2.45, 2.75) is 17.4 Å². The van der Waals surface area contributed by atoms with Crippen LogP contribution in [0.15, 0.2) is 23.1 Å². The largest absolute Gasteiger partial charge is 0.536 e. The van der Waals surface area contributed by atoms with E-state index in [-0.39, 0.29) is 14.9 Å². The molecule has 0 heterocycles. The van der Waals surface area contributed by atoms with Crippen molar-refractivity contribution < 1.29 is 18.6 Å². The van der Waals surface area contributed by atoms with Crippen LogP contribution in [0.3, 0.4) is 0 Å². The van der Waals surface area contributed by atoms with Crippen LogP contribution in [-0.2, 0) is 10.0 Å². The third kappa shape index (κ3) is 3.81. The Kier molecular flexibility index (Phi) is 4.99. The minimum Gasteiger partial charge on any atom is -0.536 e. The van der Waals surface area contributed by atoms with Crippen molar-refractivity contribution in [2.75, 3.05) is 13.2 Å². The number of aliphatic hydroxyl groups is 2. The zero-order valence-corrected chi connectivity index (χ0v) is 11.8. The summed E-state index contributed by atoms with van der Waals surface area (Å²) < 4.78 is 27.4. The highest BCUT2D eigenvalue weighted by molar-refractivity contribution is 7.94. The average molecular weight is 313 g/mol. The van der Waals surface area contributed by atoms with E-state index in [9.17, 15) is 8.42 Å². The first-order chi connectivity index (χ1) is 8.22. The molecule has 0 fully saturated rings. The zero-order chi connectivity index (χ0) is 14.0. The fourth-order valence-corrected chi connectivity index (χ4v) is 3.14. The Morgan fingerprint density at radius 2 is 1.61 bits per heavy atom. The molecule has 0 aliphatic rings. The van der Waals surface area contributed by atoms with Gasteiger partial charge in [-0.2, -0.15) is 0 Å². The van der Waals surface area contributed by atoms with Crippen molar-refractivity contribution in [1.29, 1.82) is 0 Å². The van der Waals surface area contributed by atoms with E-state index in [1.54, 1.807) is 0 Å². The Hall–Kier alpha value is -0.370. The minimum absolute atomic E-state index is 0.158. The maximum Gasteiger partial charge on any atom is 0.101 e. The standard InChI is InChI=1S/C10H12Cl2NO4S/c1-10(5-14,6-15)13-18(16,17)9-3-7(11)2-8(12)4-9/h2-4,14-15H,5-6H2,1H3/q-1. The third-order valence-electron chi connectivity index (χ3n) is 2.16. The second-order valence-electron chi connectivity index (χ2n) is 3.98. The molecule has 0 aliphatic heterocycles. The first kappa shape index (κ1) is 15.7. The van der Waals surface area contributed by atoms with Crippen molar-refractivity contribution in [1.82, 2.24) is 0 Å². The first-order valence-corrected chi connectivity index (χ1v) is 7.09. The number of nitrogens with zero attached hydrogens (tertiary/aromatic N) is 1. The van der Waals surface area contributed by atoms with Crippen LogP contribution in [0.5, 0.6) is 0 Å². The molecule has 5 nitrogen and oxygen atoms in total. The van der Waals surface area contributed by atoms with Gasteiger partial charge in [0.1, 0.15) is 10.0 Å².